The summed E-state index contributed by atoms with van der Waals surface area (Å²) >= 11 is 0. The minimum Gasteiger partial charge on any atom is -0.478 e. The maximum atomic E-state index is 10.9. The number of hydrogen-bond acceptors (Lipinski definition) is 2. The number of rotatable bonds is 1. The summed E-state index contributed by atoms with van der Waals surface area (Å²) in [5.74, 6) is -1.02. The van der Waals surface area contributed by atoms with Gasteiger partial charge in [-0.25, -0.2) is 4.79 Å². The van der Waals surface area contributed by atoms with E-state index in [1.165, 1.54) is 10.6 Å². The Labute approximate surface area is 79.6 Å². The minimum atomic E-state index is -1.02. The maximum Gasteiger partial charge on any atom is 0.337 e. The first kappa shape index (κ1) is 8.32. The number of carbonyl (C=O) groups is 1. The molecule has 68 valence electrons. The molecule has 1 N–H and O–H groups in total. The average Bonchev–Trinajstić information content (AvgIpc) is 2.59. The second kappa shape index (κ2) is 2.89. The molecule has 2 rings (SSSR count). The van der Waals surface area contributed by atoms with Crippen molar-refractivity contribution in [2.24, 2.45) is 0 Å². The Morgan fingerprint density at radius 3 is 2.86 bits per heavy atom. The van der Waals surface area contributed by atoms with Crippen LogP contribution in [0.1, 0.15) is 10.4 Å². The van der Waals surface area contributed by atoms with Crippen molar-refractivity contribution in [3.05, 3.63) is 36.0 Å². The van der Waals surface area contributed by atoms with E-state index in [1.807, 2.05) is 6.19 Å². The molecule has 0 spiro atoms. The number of nitriles is 1. The van der Waals surface area contributed by atoms with Crippen LogP contribution in [0.2, 0.25) is 0 Å². The molecule has 4 heteroatoms. The molecule has 0 saturated heterocycles. The van der Waals surface area contributed by atoms with Crippen molar-refractivity contribution in [3.63, 3.8) is 0 Å². The lowest BCUT2D eigenvalue weighted by atomic mass is 10.1. The van der Waals surface area contributed by atoms with Crippen molar-refractivity contribution in [2.75, 3.05) is 0 Å². The Kier molecular flexibility index (Phi) is 1.72. The number of carboxylic acid groups (broad SMARTS) is 1. The predicted molar refractivity (Wildman–Crippen MR) is 49.9 cm³/mol. The Hall–Kier alpha value is -2.28. The van der Waals surface area contributed by atoms with Gasteiger partial charge in [0.05, 0.1) is 11.1 Å². The Balaban J connectivity index is 2.90. The molecule has 0 atom stereocenters. The Morgan fingerprint density at radius 2 is 2.21 bits per heavy atom. The molecule has 0 saturated carbocycles. The van der Waals surface area contributed by atoms with E-state index >= 15 is 0 Å². The summed E-state index contributed by atoms with van der Waals surface area (Å²) in [6, 6.07) is 6.63. The van der Waals surface area contributed by atoms with Gasteiger partial charge in [-0.1, -0.05) is 12.1 Å². The number of para-hydroxylation sites is 1. The topological polar surface area (TPSA) is 66.0 Å². The van der Waals surface area contributed by atoms with Crippen LogP contribution in [0.25, 0.3) is 10.9 Å². The molecule has 4 nitrogen and oxygen atoms in total. The highest BCUT2D eigenvalue weighted by Gasteiger charge is 2.11. The van der Waals surface area contributed by atoms with Crippen molar-refractivity contribution >= 4 is 16.9 Å². The van der Waals surface area contributed by atoms with E-state index in [2.05, 4.69) is 0 Å². The molecule has 0 radical (unpaired) electrons. The normalized spacial score (nSPS) is 9.93. The van der Waals surface area contributed by atoms with Crippen LogP contribution in [-0.2, 0) is 0 Å². The predicted octanol–water partition coefficient (Wildman–Crippen LogP) is 1.67. The summed E-state index contributed by atoms with van der Waals surface area (Å²) in [4.78, 5) is 10.9. The van der Waals surface area contributed by atoms with Crippen LogP contribution in [0.5, 0.6) is 0 Å². The van der Waals surface area contributed by atoms with Gasteiger partial charge in [0.1, 0.15) is 0 Å². The van der Waals surface area contributed by atoms with Gasteiger partial charge < -0.3 is 5.11 Å². The second-order valence-corrected chi connectivity index (χ2v) is 2.83. The third kappa shape index (κ3) is 1.04. The highest BCUT2D eigenvalue weighted by atomic mass is 16.4. The molecule has 0 fully saturated rings. The van der Waals surface area contributed by atoms with Crippen molar-refractivity contribution < 1.29 is 9.90 Å². The average molecular weight is 186 g/mol. The molecule has 1 aromatic carbocycles. The van der Waals surface area contributed by atoms with Crippen molar-refractivity contribution in [2.45, 2.75) is 0 Å². The number of nitrogens with zero attached hydrogens (tertiary/aromatic N) is 2. The molecule has 2 aromatic rings. The largest absolute Gasteiger partial charge is 0.478 e. The SMILES string of the molecule is N#Cn1ccc2cccc(C(=O)O)c21. The third-order valence-corrected chi connectivity index (χ3v) is 2.05. The van der Waals surface area contributed by atoms with Crippen LogP contribution < -0.4 is 0 Å². The minimum absolute atomic E-state index is 0.147. The number of carboxylic acids is 1. The molecule has 0 unspecified atom stereocenters. The standard InChI is InChI=1S/C10H6N2O2/c11-6-12-5-4-7-2-1-3-8(9(7)12)10(13)14/h1-5H,(H,13,14). The monoisotopic (exact) mass is 186 g/mol. The van der Waals surface area contributed by atoms with Gasteiger partial charge >= 0.3 is 5.97 Å². The Bertz CT molecular complexity index is 549. The zero-order chi connectivity index (χ0) is 10.1. The molecule has 0 bridgehead atoms. The van der Waals surface area contributed by atoms with Gasteiger partial charge in [0, 0.05) is 11.6 Å². The van der Waals surface area contributed by atoms with Crippen LogP contribution >= 0.6 is 0 Å². The molecule has 1 aromatic heterocycles. The van der Waals surface area contributed by atoms with Crippen LogP contribution in [0.4, 0.5) is 0 Å². The van der Waals surface area contributed by atoms with Gasteiger partial charge in [-0.05, 0) is 12.1 Å². The number of benzene rings is 1. The molecule has 0 aliphatic rings. The lowest BCUT2D eigenvalue weighted by Crippen LogP contribution is -1.99. The highest BCUT2D eigenvalue weighted by molar-refractivity contribution is 6.02. The first-order valence-electron chi connectivity index (χ1n) is 3.97. The fraction of sp³-hybridized carbons (Fsp3) is 0. The van der Waals surface area contributed by atoms with Crippen LogP contribution in [0, 0.1) is 11.5 Å². The van der Waals surface area contributed by atoms with E-state index in [0.29, 0.717) is 5.52 Å². The molecular formula is C10H6N2O2. The fourth-order valence-corrected chi connectivity index (χ4v) is 1.45. The molecule has 1 heterocycles. The summed E-state index contributed by atoms with van der Waals surface area (Å²) < 4.78 is 1.25. The first-order valence-corrected chi connectivity index (χ1v) is 3.97. The molecule has 0 amide bonds. The van der Waals surface area contributed by atoms with Crippen LogP contribution in [0.15, 0.2) is 30.5 Å². The highest BCUT2D eigenvalue weighted by Crippen LogP contribution is 2.19. The van der Waals surface area contributed by atoms with E-state index in [4.69, 9.17) is 10.4 Å². The van der Waals surface area contributed by atoms with E-state index in [1.54, 1.807) is 24.4 Å². The van der Waals surface area contributed by atoms with Gasteiger partial charge in [-0.2, -0.15) is 5.26 Å². The van der Waals surface area contributed by atoms with Gasteiger partial charge in [0.25, 0.3) is 0 Å². The summed E-state index contributed by atoms with van der Waals surface area (Å²) in [7, 11) is 0. The number of aromatic nitrogens is 1. The number of fused-ring (bicyclic) bond motifs is 1. The van der Waals surface area contributed by atoms with E-state index in [9.17, 15) is 4.79 Å². The molecule has 0 aliphatic carbocycles. The zero-order valence-electron chi connectivity index (χ0n) is 7.14. The van der Waals surface area contributed by atoms with Crippen LogP contribution in [-0.4, -0.2) is 15.6 Å². The van der Waals surface area contributed by atoms with Gasteiger partial charge in [-0.15, -0.1) is 0 Å². The van der Waals surface area contributed by atoms with Gasteiger partial charge in [0.15, 0.2) is 6.19 Å². The lowest BCUT2D eigenvalue weighted by Gasteiger charge is -1.98. The van der Waals surface area contributed by atoms with E-state index in [-0.39, 0.29) is 5.56 Å². The van der Waals surface area contributed by atoms with E-state index < -0.39 is 5.97 Å². The number of hydrogen-bond donors (Lipinski definition) is 1. The van der Waals surface area contributed by atoms with Crippen molar-refractivity contribution in [1.29, 1.82) is 5.26 Å². The van der Waals surface area contributed by atoms with Crippen molar-refractivity contribution in [1.82, 2.24) is 4.57 Å². The quantitative estimate of drug-likeness (QED) is 0.736. The van der Waals surface area contributed by atoms with E-state index in [0.717, 1.165) is 5.39 Å². The summed E-state index contributed by atoms with van der Waals surface area (Å²) in [6.45, 7) is 0. The zero-order valence-corrected chi connectivity index (χ0v) is 7.14. The fourth-order valence-electron chi connectivity index (χ4n) is 1.45. The summed E-state index contributed by atoms with van der Waals surface area (Å²) in [5, 5.41) is 18.4. The maximum absolute atomic E-state index is 10.9. The molecule has 0 aliphatic heterocycles. The second-order valence-electron chi connectivity index (χ2n) is 2.83. The Morgan fingerprint density at radius 1 is 1.43 bits per heavy atom. The molecule has 14 heavy (non-hydrogen) atoms. The summed E-state index contributed by atoms with van der Waals surface area (Å²) in [6.07, 6.45) is 3.45. The third-order valence-electron chi connectivity index (χ3n) is 2.05. The van der Waals surface area contributed by atoms with Gasteiger partial charge in [-0.3, -0.25) is 4.57 Å². The van der Waals surface area contributed by atoms with Crippen LogP contribution in [0.3, 0.4) is 0 Å². The molecular weight excluding hydrogens is 180 g/mol. The number of aromatic carboxylic acids is 1. The van der Waals surface area contributed by atoms with Crippen molar-refractivity contribution in [3.8, 4) is 6.19 Å². The summed E-state index contributed by atoms with van der Waals surface area (Å²) in [5.41, 5.74) is 0.594. The first-order chi connectivity index (χ1) is 6.74. The smallest absolute Gasteiger partial charge is 0.337 e. The van der Waals surface area contributed by atoms with Gasteiger partial charge in [0.2, 0.25) is 0 Å². The lowest BCUT2D eigenvalue weighted by molar-refractivity contribution is 0.0698.